The first-order valence-corrected chi connectivity index (χ1v) is 12.5. The Morgan fingerprint density at radius 2 is 1.68 bits per heavy atom. The van der Waals surface area contributed by atoms with Crippen LogP contribution in [0.25, 0.3) is 0 Å². The predicted molar refractivity (Wildman–Crippen MR) is 128 cm³/mol. The monoisotopic (exact) mass is 497 g/mol. The molecule has 8 nitrogen and oxygen atoms in total. The van der Waals surface area contributed by atoms with E-state index in [1.807, 2.05) is 24.3 Å². The fourth-order valence-corrected chi connectivity index (χ4v) is 6.13. The van der Waals surface area contributed by atoms with Gasteiger partial charge in [-0.25, -0.2) is 8.42 Å². The highest BCUT2D eigenvalue weighted by Gasteiger charge is 2.32. The van der Waals surface area contributed by atoms with Gasteiger partial charge in [0.05, 0.1) is 26.1 Å². The van der Waals surface area contributed by atoms with E-state index >= 15 is 0 Å². The van der Waals surface area contributed by atoms with E-state index in [2.05, 4.69) is 0 Å². The normalized spacial score (nSPS) is 15.6. The first kappa shape index (κ1) is 22.5. The lowest BCUT2D eigenvalue weighted by Gasteiger charge is -2.28. The summed E-state index contributed by atoms with van der Waals surface area (Å²) in [5.74, 6) is -0.495. The summed E-state index contributed by atoms with van der Waals surface area (Å²) >= 11 is 6.32. The molecule has 5 rings (SSSR count). The van der Waals surface area contributed by atoms with Crippen LogP contribution in [0.2, 0.25) is 5.02 Å². The molecule has 3 aromatic carbocycles. The maximum atomic E-state index is 13.4. The highest BCUT2D eigenvalue weighted by atomic mass is 35.5. The van der Waals surface area contributed by atoms with Gasteiger partial charge < -0.3 is 4.90 Å². The van der Waals surface area contributed by atoms with Crippen molar-refractivity contribution in [3.8, 4) is 0 Å². The second kappa shape index (κ2) is 8.50. The Hall–Kier alpha value is -3.27. The molecule has 2 aliphatic heterocycles. The molecule has 0 aliphatic carbocycles. The van der Waals surface area contributed by atoms with E-state index in [1.165, 1.54) is 39.5 Å². The van der Waals surface area contributed by atoms with Crippen molar-refractivity contribution in [3.05, 3.63) is 98.1 Å². The van der Waals surface area contributed by atoms with Gasteiger partial charge in [-0.05, 0) is 47.7 Å². The number of anilines is 1. The van der Waals surface area contributed by atoms with Crippen LogP contribution >= 0.6 is 11.6 Å². The molecule has 0 saturated heterocycles. The standard InChI is InChI=1S/C24H20ClN3O5S/c25-22-8-7-20(34(32,33)26-11-9-16-3-1-2-4-18(16)15-26)14-21(22)24(29)27-12-10-17-5-6-19(28(30)31)13-23(17)27/h1-8,13-14H,9-12,15H2. The summed E-state index contributed by atoms with van der Waals surface area (Å²) in [5.41, 5.74) is 3.26. The van der Waals surface area contributed by atoms with Crippen molar-refractivity contribution in [2.24, 2.45) is 0 Å². The van der Waals surface area contributed by atoms with E-state index in [0.717, 1.165) is 16.7 Å². The van der Waals surface area contributed by atoms with Gasteiger partial charge in [0, 0.05) is 31.8 Å². The van der Waals surface area contributed by atoms with Crippen LogP contribution in [0, 0.1) is 10.1 Å². The summed E-state index contributed by atoms with van der Waals surface area (Å²) in [6.45, 7) is 0.924. The van der Waals surface area contributed by atoms with Crippen LogP contribution in [0.1, 0.15) is 27.0 Å². The molecule has 10 heteroatoms. The molecule has 2 aliphatic rings. The van der Waals surface area contributed by atoms with Crippen LogP contribution in [-0.2, 0) is 29.4 Å². The zero-order valence-electron chi connectivity index (χ0n) is 18.0. The SMILES string of the molecule is O=C(c1cc(S(=O)(=O)N2CCc3ccccc3C2)ccc1Cl)N1CCc2ccc([N+](=O)[O-])cc21. The second-order valence-corrected chi connectivity index (χ2v) is 10.6. The van der Waals surface area contributed by atoms with E-state index in [0.29, 0.717) is 31.6 Å². The lowest BCUT2D eigenvalue weighted by Crippen LogP contribution is -2.36. The molecule has 0 spiro atoms. The lowest BCUT2D eigenvalue weighted by molar-refractivity contribution is -0.384. The zero-order valence-corrected chi connectivity index (χ0v) is 19.6. The number of carbonyl (C=O) groups excluding carboxylic acids is 1. The van der Waals surface area contributed by atoms with Gasteiger partial charge in [-0.15, -0.1) is 0 Å². The summed E-state index contributed by atoms with van der Waals surface area (Å²) in [6.07, 6.45) is 1.15. The van der Waals surface area contributed by atoms with Gasteiger partial charge in [-0.3, -0.25) is 14.9 Å². The van der Waals surface area contributed by atoms with Crippen LogP contribution in [-0.4, -0.2) is 36.6 Å². The summed E-state index contributed by atoms with van der Waals surface area (Å²) in [7, 11) is -3.86. The molecule has 2 heterocycles. The Morgan fingerprint density at radius 3 is 2.44 bits per heavy atom. The largest absolute Gasteiger partial charge is 0.307 e. The summed E-state index contributed by atoms with van der Waals surface area (Å²) in [6, 6.07) is 16.2. The quantitative estimate of drug-likeness (QED) is 0.397. The topological polar surface area (TPSA) is 101 Å². The molecule has 1 amide bonds. The Kier molecular flexibility index (Phi) is 5.63. The van der Waals surface area contributed by atoms with Gasteiger partial charge in [-0.2, -0.15) is 4.31 Å². The number of nitro benzene ring substituents is 1. The third kappa shape index (κ3) is 3.85. The van der Waals surface area contributed by atoms with Crippen LogP contribution in [0.3, 0.4) is 0 Å². The fraction of sp³-hybridized carbons (Fsp3) is 0.208. The minimum Gasteiger partial charge on any atom is -0.307 e. The van der Waals surface area contributed by atoms with Gasteiger partial charge in [0.1, 0.15) is 0 Å². The Bertz CT molecular complexity index is 1440. The first-order valence-electron chi connectivity index (χ1n) is 10.7. The average Bonchev–Trinajstić information content (AvgIpc) is 3.26. The Morgan fingerprint density at radius 1 is 0.941 bits per heavy atom. The van der Waals surface area contributed by atoms with E-state index in [-0.39, 0.29) is 27.7 Å². The average molecular weight is 498 g/mol. The Labute approximate surface area is 201 Å². The molecule has 0 bridgehead atoms. The number of hydrogen-bond donors (Lipinski definition) is 0. The number of hydrogen-bond acceptors (Lipinski definition) is 5. The minimum absolute atomic E-state index is 0.0157. The van der Waals surface area contributed by atoms with Crippen molar-refractivity contribution in [1.82, 2.24) is 4.31 Å². The van der Waals surface area contributed by atoms with Crippen LogP contribution in [0.15, 0.2) is 65.6 Å². The summed E-state index contributed by atoms with van der Waals surface area (Å²) < 4.78 is 28.2. The van der Waals surface area contributed by atoms with Crippen LogP contribution in [0.4, 0.5) is 11.4 Å². The van der Waals surface area contributed by atoms with Crippen molar-refractivity contribution in [2.75, 3.05) is 18.0 Å². The van der Waals surface area contributed by atoms with E-state index < -0.39 is 20.9 Å². The molecule has 0 radical (unpaired) electrons. The van der Waals surface area contributed by atoms with Crippen LogP contribution in [0.5, 0.6) is 0 Å². The number of benzene rings is 3. The van der Waals surface area contributed by atoms with E-state index in [1.54, 1.807) is 6.07 Å². The molecule has 3 aromatic rings. The summed E-state index contributed by atoms with van der Waals surface area (Å²) in [5, 5.41) is 11.3. The summed E-state index contributed by atoms with van der Waals surface area (Å²) in [4.78, 5) is 25.5. The maximum absolute atomic E-state index is 13.4. The van der Waals surface area contributed by atoms with Gasteiger partial charge in [0.25, 0.3) is 11.6 Å². The Balaban J connectivity index is 1.47. The molecule has 0 fully saturated rings. The number of amides is 1. The molecular weight excluding hydrogens is 478 g/mol. The van der Waals surface area contributed by atoms with Crippen molar-refractivity contribution in [2.45, 2.75) is 24.3 Å². The van der Waals surface area contributed by atoms with Gasteiger partial charge in [-0.1, -0.05) is 41.9 Å². The molecule has 34 heavy (non-hydrogen) atoms. The molecule has 0 saturated carbocycles. The highest BCUT2D eigenvalue weighted by Crippen LogP contribution is 2.34. The maximum Gasteiger partial charge on any atom is 0.271 e. The highest BCUT2D eigenvalue weighted by molar-refractivity contribution is 7.89. The van der Waals surface area contributed by atoms with Crippen molar-refractivity contribution in [1.29, 1.82) is 0 Å². The minimum atomic E-state index is -3.86. The van der Waals surface area contributed by atoms with Crippen LogP contribution < -0.4 is 4.90 Å². The first-order chi connectivity index (χ1) is 16.3. The number of rotatable bonds is 4. The number of non-ortho nitro benzene ring substituents is 1. The van der Waals surface area contributed by atoms with E-state index in [4.69, 9.17) is 11.6 Å². The van der Waals surface area contributed by atoms with Gasteiger partial charge >= 0.3 is 0 Å². The third-order valence-corrected chi connectivity index (χ3v) is 8.49. The predicted octanol–water partition coefficient (Wildman–Crippen LogP) is 4.20. The fourth-order valence-electron chi connectivity index (χ4n) is 4.49. The van der Waals surface area contributed by atoms with Crippen molar-refractivity contribution >= 4 is 38.9 Å². The number of halogens is 1. The molecule has 0 N–H and O–H groups in total. The number of sulfonamides is 1. The van der Waals surface area contributed by atoms with Crippen molar-refractivity contribution < 1.29 is 18.1 Å². The number of nitro groups is 1. The molecule has 0 unspecified atom stereocenters. The molecule has 174 valence electrons. The second-order valence-electron chi connectivity index (χ2n) is 8.28. The number of nitrogens with zero attached hydrogens (tertiary/aromatic N) is 3. The zero-order chi connectivity index (χ0) is 24.0. The van der Waals surface area contributed by atoms with Crippen molar-refractivity contribution in [3.63, 3.8) is 0 Å². The van der Waals surface area contributed by atoms with Gasteiger partial charge in [0.15, 0.2) is 0 Å². The smallest absolute Gasteiger partial charge is 0.271 e. The molecule has 0 atom stereocenters. The molecular formula is C24H20ClN3O5S. The molecule has 0 aromatic heterocycles. The number of fused-ring (bicyclic) bond motifs is 2. The number of carbonyl (C=O) groups is 1. The lowest BCUT2D eigenvalue weighted by atomic mass is 10.0. The van der Waals surface area contributed by atoms with E-state index in [9.17, 15) is 23.3 Å². The third-order valence-electron chi connectivity index (χ3n) is 6.32. The van der Waals surface area contributed by atoms with Gasteiger partial charge in [0.2, 0.25) is 10.0 Å².